The Morgan fingerprint density at radius 1 is 1.53 bits per heavy atom. The molecule has 1 aliphatic heterocycles. The molecular weight excluding hydrogens is 246 g/mol. The van der Waals surface area contributed by atoms with Crippen LogP contribution in [0, 0.1) is 21.4 Å². The van der Waals surface area contributed by atoms with E-state index in [9.17, 15) is 15.4 Å². The van der Waals surface area contributed by atoms with Crippen LogP contribution in [0.4, 0.5) is 11.4 Å². The molecule has 1 aromatic carbocycles. The maximum atomic E-state index is 10.6. The monoisotopic (exact) mass is 261 g/mol. The van der Waals surface area contributed by atoms with Gasteiger partial charge in [0.15, 0.2) is 0 Å². The summed E-state index contributed by atoms with van der Waals surface area (Å²) in [6, 6.07) is 8.42. The minimum absolute atomic E-state index is 0.0499. The molecule has 0 bridgehead atoms. The quantitative estimate of drug-likeness (QED) is 0.625. The van der Waals surface area contributed by atoms with Gasteiger partial charge in [0.25, 0.3) is 5.69 Å². The van der Waals surface area contributed by atoms with Crippen molar-refractivity contribution in [2.45, 2.75) is 12.5 Å². The van der Waals surface area contributed by atoms with Gasteiger partial charge in [0.05, 0.1) is 11.0 Å². The number of non-ortho nitro benzene ring substituents is 1. The van der Waals surface area contributed by atoms with E-state index in [0.717, 1.165) is 12.2 Å². The van der Waals surface area contributed by atoms with Crippen LogP contribution < -0.4 is 10.7 Å². The lowest BCUT2D eigenvalue weighted by Crippen LogP contribution is -2.60. The fourth-order valence-corrected chi connectivity index (χ4v) is 1.96. The van der Waals surface area contributed by atoms with Gasteiger partial charge in [-0.05, 0) is 19.1 Å². The summed E-state index contributed by atoms with van der Waals surface area (Å²) < 4.78 is 0. The number of hydrazine groups is 1. The lowest BCUT2D eigenvalue weighted by atomic mass is 10.0. The van der Waals surface area contributed by atoms with Gasteiger partial charge in [-0.1, -0.05) is 0 Å². The molecule has 1 aliphatic rings. The van der Waals surface area contributed by atoms with Crippen LogP contribution in [0.15, 0.2) is 24.3 Å². The van der Waals surface area contributed by atoms with Crippen molar-refractivity contribution in [3.63, 3.8) is 0 Å². The lowest BCUT2D eigenvalue weighted by Gasteiger charge is -2.40. The first-order valence-corrected chi connectivity index (χ1v) is 5.96. The minimum Gasteiger partial charge on any atom is -0.317 e. The summed E-state index contributed by atoms with van der Waals surface area (Å²) in [5, 5.41) is 24.9. The van der Waals surface area contributed by atoms with Crippen molar-refractivity contribution in [3.8, 4) is 6.07 Å². The van der Waals surface area contributed by atoms with Crippen LogP contribution in [0.25, 0.3) is 0 Å². The molecule has 0 amide bonds. The summed E-state index contributed by atoms with van der Waals surface area (Å²) in [6.45, 7) is 3.89. The molecule has 7 nitrogen and oxygen atoms in total. The predicted molar refractivity (Wildman–Crippen MR) is 70.3 cm³/mol. The number of anilines is 1. The average Bonchev–Trinajstić information content (AvgIpc) is 2.42. The number of nitrogens with one attached hydrogen (secondary N) is 2. The Hall–Kier alpha value is -2.17. The van der Waals surface area contributed by atoms with Crippen LogP contribution in [0.2, 0.25) is 0 Å². The highest BCUT2D eigenvalue weighted by Crippen LogP contribution is 2.20. The highest BCUT2D eigenvalue weighted by atomic mass is 16.6. The summed E-state index contributed by atoms with van der Waals surface area (Å²) in [5.74, 6) is 0. The molecule has 1 fully saturated rings. The molecule has 0 saturated carbocycles. The van der Waals surface area contributed by atoms with Crippen molar-refractivity contribution in [1.82, 2.24) is 10.3 Å². The first-order chi connectivity index (χ1) is 9.05. The number of hydrogen-bond donors (Lipinski definition) is 2. The van der Waals surface area contributed by atoms with Gasteiger partial charge in [0.1, 0.15) is 5.54 Å². The zero-order valence-corrected chi connectivity index (χ0v) is 10.6. The molecule has 1 atom stereocenters. The van der Waals surface area contributed by atoms with Crippen LogP contribution in [0.5, 0.6) is 0 Å². The van der Waals surface area contributed by atoms with E-state index in [1.165, 1.54) is 12.1 Å². The summed E-state index contributed by atoms with van der Waals surface area (Å²) in [5.41, 5.74) is 3.28. The third kappa shape index (κ3) is 2.81. The highest BCUT2D eigenvalue weighted by molar-refractivity contribution is 5.48. The van der Waals surface area contributed by atoms with E-state index in [4.69, 9.17) is 0 Å². The van der Waals surface area contributed by atoms with Gasteiger partial charge in [-0.15, -0.1) is 0 Å². The molecular formula is C12H15N5O2. The Balaban J connectivity index is 2.11. The molecule has 1 saturated heterocycles. The second-order valence-corrected chi connectivity index (χ2v) is 4.63. The molecule has 1 heterocycles. The Morgan fingerprint density at radius 2 is 2.21 bits per heavy atom. The van der Waals surface area contributed by atoms with E-state index < -0.39 is 10.5 Å². The number of hydrogen-bond acceptors (Lipinski definition) is 6. The van der Waals surface area contributed by atoms with Crippen LogP contribution >= 0.6 is 0 Å². The maximum Gasteiger partial charge on any atom is 0.269 e. The van der Waals surface area contributed by atoms with Gasteiger partial charge in [0.2, 0.25) is 0 Å². The zero-order chi connectivity index (χ0) is 13.9. The fourth-order valence-electron chi connectivity index (χ4n) is 1.96. The van der Waals surface area contributed by atoms with E-state index >= 15 is 0 Å². The Bertz CT molecular complexity index is 510. The largest absolute Gasteiger partial charge is 0.317 e. The number of benzene rings is 1. The van der Waals surface area contributed by atoms with Crippen molar-refractivity contribution in [3.05, 3.63) is 34.4 Å². The number of rotatable bonds is 3. The van der Waals surface area contributed by atoms with Crippen LogP contribution in [0.1, 0.15) is 6.92 Å². The minimum atomic E-state index is -0.639. The molecule has 0 radical (unpaired) electrons. The molecule has 100 valence electrons. The number of nitriles is 1. The van der Waals surface area contributed by atoms with Crippen molar-refractivity contribution in [2.75, 3.05) is 25.1 Å². The Morgan fingerprint density at radius 3 is 2.79 bits per heavy atom. The van der Waals surface area contributed by atoms with Crippen molar-refractivity contribution < 1.29 is 4.92 Å². The lowest BCUT2D eigenvalue weighted by molar-refractivity contribution is -0.384. The van der Waals surface area contributed by atoms with Gasteiger partial charge in [-0.25, -0.2) is 5.01 Å². The van der Waals surface area contributed by atoms with E-state index in [1.54, 1.807) is 12.1 Å². The van der Waals surface area contributed by atoms with Crippen LogP contribution in [0.3, 0.4) is 0 Å². The second kappa shape index (κ2) is 5.22. The number of nitro groups is 1. The molecule has 19 heavy (non-hydrogen) atoms. The van der Waals surface area contributed by atoms with Crippen molar-refractivity contribution in [2.24, 2.45) is 0 Å². The first-order valence-electron chi connectivity index (χ1n) is 5.96. The van der Waals surface area contributed by atoms with E-state index in [2.05, 4.69) is 16.8 Å². The van der Waals surface area contributed by atoms with E-state index in [-0.39, 0.29) is 5.69 Å². The van der Waals surface area contributed by atoms with Crippen molar-refractivity contribution >= 4 is 11.4 Å². The predicted octanol–water partition coefficient (Wildman–Crippen LogP) is 1.11. The first kappa shape index (κ1) is 13.3. The molecule has 0 aliphatic carbocycles. The van der Waals surface area contributed by atoms with Gasteiger partial charge >= 0.3 is 0 Å². The standard InChI is InChI=1S/C12H15N5O2/c1-12(8-13)9-14-6-7-16(12)15-10-2-4-11(5-3-10)17(18)19/h2-5,14-15H,6-7,9H2,1H3/t12-/m1/s1. The van der Waals surface area contributed by atoms with Gasteiger partial charge in [-0.2, -0.15) is 5.26 Å². The molecule has 1 aromatic rings. The molecule has 0 unspecified atom stereocenters. The normalized spacial score (nSPS) is 23.6. The maximum absolute atomic E-state index is 10.6. The fraction of sp³-hybridized carbons (Fsp3) is 0.417. The van der Waals surface area contributed by atoms with Gasteiger partial charge < -0.3 is 10.7 Å². The Labute approximate surface area is 110 Å². The van der Waals surface area contributed by atoms with Crippen LogP contribution in [-0.2, 0) is 0 Å². The summed E-state index contributed by atoms with van der Waals surface area (Å²) in [7, 11) is 0. The average molecular weight is 261 g/mol. The molecule has 7 heteroatoms. The topological polar surface area (TPSA) is 94.2 Å². The number of nitrogens with zero attached hydrogens (tertiary/aromatic N) is 3. The third-order valence-corrected chi connectivity index (χ3v) is 3.16. The summed E-state index contributed by atoms with van der Waals surface area (Å²) >= 11 is 0. The molecule has 0 aromatic heterocycles. The molecule has 2 N–H and O–H groups in total. The van der Waals surface area contributed by atoms with Crippen molar-refractivity contribution in [1.29, 1.82) is 5.26 Å². The second-order valence-electron chi connectivity index (χ2n) is 4.63. The third-order valence-electron chi connectivity index (χ3n) is 3.16. The highest BCUT2D eigenvalue weighted by Gasteiger charge is 2.34. The van der Waals surface area contributed by atoms with Crippen LogP contribution in [-0.4, -0.2) is 35.1 Å². The van der Waals surface area contributed by atoms with Gasteiger partial charge in [0, 0.05) is 37.5 Å². The SMILES string of the molecule is C[C@@]1(C#N)CNCCN1Nc1ccc([N+](=O)[O-])cc1. The number of piperazine rings is 1. The zero-order valence-electron chi connectivity index (χ0n) is 10.6. The number of nitro benzene ring substituents is 1. The molecule has 0 spiro atoms. The van der Waals surface area contributed by atoms with Gasteiger partial charge in [-0.3, -0.25) is 10.1 Å². The molecule has 2 rings (SSSR count). The van der Waals surface area contributed by atoms with E-state index in [1.807, 2.05) is 11.9 Å². The summed E-state index contributed by atoms with van der Waals surface area (Å²) in [6.07, 6.45) is 0. The smallest absolute Gasteiger partial charge is 0.269 e. The Kier molecular flexibility index (Phi) is 3.64. The van der Waals surface area contributed by atoms with E-state index in [0.29, 0.717) is 13.1 Å². The summed E-state index contributed by atoms with van der Waals surface area (Å²) in [4.78, 5) is 10.1.